The lowest BCUT2D eigenvalue weighted by atomic mass is 10.0. The van der Waals surface area contributed by atoms with Crippen molar-refractivity contribution in [1.29, 1.82) is 0 Å². The van der Waals surface area contributed by atoms with E-state index in [2.05, 4.69) is 20.0 Å². The molecule has 2 unspecified atom stereocenters. The lowest BCUT2D eigenvalue weighted by Crippen LogP contribution is -2.17. The van der Waals surface area contributed by atoms with Crippen LogP contribution in [0.3, 0.4) is 0 Å². The molecular formula is C40H30Cl2N6O8. The summed E-state index contributed by atoms with van der Waals surface area (Å²) in [6.07, 6.45) is 0.0827. The van der Waals surface area contributed by atoms with E-state index in [4.69, 9.17) is 33.4 Å². The molecule has 0 saturated heterocycles. The molecular weight excluding hydrogens is 763 g/mol. The average molecular weight is 794 g/mol. The third kappa shape index (κ3) is 9.02. The number of halogens is 2. The van der Waals surface area contributed by atoms with Gasteiger partial charge in [-0.2, -0.15) is 9.97 Å². The van der Waals surface area contributed by atoms with Crippen LogP contribution >= 0.6 is 23.2 Å². The molecule has 6 aromatic rings. The molecule has 14 nitrogen and oxygen atoms in total. The highest BCUT2D eigenvalue weighted by molar-refractivity contribution is 6.32. The van der Waals surface area contributed by atoms with Crippen molar-refractivity contribution < 1.29 is 30.0 Å². The molecule has 0 radical (unpaired) electrons. The van der Waals surface area contributed by atoms with Gasteiger partial charge in [0.15, 0.2) is 11.6 Å². The molecule has 0 spiro atoms. The Kier molecular flexibility index (Phi) is 12.1. The first kappa shape index (κ1) is 39.1. The Morgan fingerprint density at radius 2 is 0.946 bits per heavy atom. The fourth-order valence-corrected chi connectivity index (χ4v) is 6.13. The number of carboxylic acids is 2. The molecule has 56 heavy (non-hydrogen) atoms. The second-order valence-electron chi connectivity index (χ2n) is 12.0. The number of aliphatic imine (C=N–C) groups is 2. The summed E-state index contributed by atoms with van der Waals surface area (Å²) in [6, 6.07) is 32.5. The van der Waals surface area contributed by atoms with Crippen molar-refractivity contribution in [2.24, 2.45) is 9.98 Å². The van der Waals surface area contributed by atoms with Crippen LogP contribution in [-0.4, -0.2) is 62.9 Å². The van der Waals surface area contributed by atoms with E-state index >= 15 is 0 Å². The lowest BCUT2D eigenvalue weighted by molar-refractivity contribution is -0.143. The highest BCUT2D eigenvalue weighted by Crippen LogP contribution is 2.31. The zero-order valence-electron chi connectivity index (χ0n) is 29.0. The summed E-state index contributed by atoms with van der Waals surface area (Å²) < 4.78 is 3.33. The van der Waals surface area contributed by atoms with Crippen LogP contribution in [0.2, 0.25) is 10.0 Å². The minimum atomic E-state index is -1.25. The number of carboxylic acid groups (broad SMARTS) is 2. The van der Waals surface area contributed by atoms with Gasteiger partial charge in [0, 0.05) is 56.8 Å². The first-order valence-electron chi connectivity index (χ1n) is 16.8. The predicted molar refractivity (Wildman–Crippen MR) is 208 cm³/mol. The van der Waals surface area contributed by atoms with Crippen LogP contribution in [0.15, 0.2) is 141 Å². The number of nitrogens with zero attached hydrogens (tertiary/aromatic N) is 6. The maximum atomic E-state index is 11.6. The van der Waals surface area contributed by atoms with Crippen LogP contribution in [-0.2, 0) is 9.59 Å². The number of rotatable bonds is 5. The summed E-state index contributed by atoms with van der Waals surface area (Å²) >= 11 is 12.4. The minimum absolute atomic E-state index is 0.178. The van der Waals surface area contributed by atoms with Gasteiger partial charge in [0.2, 0.25) is 12.5 Å². The third-order valence-corrected chi connectivity index (χ3v) is 8.70. The number of aromatic nitrogens is 4. The molecule has 4 heterocycles. The Bertz CT molecular complexity index is 2430. The fraction of sp³-hybridized carbons (Fsp3) is 0.100. The summed E-state index contributed by atoms with van der Waals surface area (Å²) in [5.74, 6) is -1.80. The van der Waals surface area contributed by atoms with E-state index in [-0.39, 0.29) is 24.5 Å². The SMILES string of the molecule is O=C(O)CCC(=O)O.O=c1ccn2c(n1)C(O)N=C(c1ccccc1)c1cc(Cl)ccc1-2.O=c1ccn2c(n1)C(O)N=C(c1ccccc1)c1cc(Cl)ccc1-2. The first-order chi connectivity index (χ1) is 26.9. The average Bonchev–Trinajstić information content (AvgIpc) is 3.38. The van der Waals surface area contributed by atoms with E-state index in [0.29, 0.717) is 21.5 Å². The number of aliphatic carboxylic acids is 2. The molecule has 8 rings (SSSR count). The Morgan fingerprint density at radius 3 is 1.30 bits per heavy atom. The molecule has 2 aliphatic heterocycles. The summed E-state index contributed by atoms with van der Waals surface area (Å²) in [4.78, 5) is 59.2. The van der Waals surface area contributed by atoms with E-state index < -0.39 is 35.5 Å². The zero-order chi connectivity index (χ0) is 39.9. The minimum Gasteiger partial charge on any atom is -0.481 e. The van der Waals surface area contributed by atoms with Gasteiger partial charge in [-0.25, -0.2) is 9.98 Å². The van der Waals surface area contributed by atoms with Crippen LogP contribution in [0.4, 0.5) is 0 Å². The summed E-state index contributed by atoms with van der Waals surface area (Å²) in [5, 5.41) is 37.9. The Balaban J connectivity index is 0.000000160. The molecule has 2 atom stereocenters. The largest absolute Gasteiger partial charge is 0.481 e. The Morgan fingerprint density at radius 1 is 0.571 bits per heavy atom. The van der Waals surface area contributed by atoms with Crippen LogP contribution < -0.4 is 11.1 Å². The van der Waals surface area contributed by atoms with Crippen molar-refractivity contribution >= 4 is 46.6 Å². The van der Waals surface area contributed by atoms with Crippen molar-refractivity contribution in [2.45, 2.75) is 25.3 Å². The molecule has 282 valence electrons. The second-order valence-corrected chi connectivity index (χ2v) is 12.9. The predicted octanol–water partition coefficient (Wildman–Crippen LogP) is 5.39. The van der Waals surface area contributed by atoms with Gasteiger partial charge >= 0.3 is 11.9 Å². The van der Waals surface area contributed by atoms with Crippen LogP contribution in [0.5, 0.6) is 0 Å². The molecule has 4 aromatic carbocycles. The van der Waals surface area contributed by atoms with E-state index in [0.717, 1.165) is 33.6 Å². The van der Waals surface area contributed by atoms with Crippen molar-refractivity contribution in [1.82, 2.24) is 19.1 Å². The van der Waals surface area contributed by atoms with Crippen molar-refractivity contribution in [3.05, 3.63) is 186 Å². The molecule has 0 bridgehead atoms. The van der Waals surface area contributed by atoms with E-state index in [1.807, 2.05) is 72.8 Å². The standard InChI is InChI=1S/2C18H12ClN3O2.C4H6O4/c2*19-12-6-7-14-13(10-12)16(11-4-2-1-3-5-11)21-18(24)17-20-15(23)8-9-22(14)17;5-3(6)1-2-4(7)8/h2*1-10,18,24H;1-2H2,(H,5,6)(H,7,8). The number of hydrogen-bond donors (Lipinski definition) is 4. The number of fused-ring (bicyclic) bond motifs is 6. The topological polar surface area (TPSA) is 210 Å². The molecule has 0 aliphatic carbocycles. The highest BCUT2D eigenvalue weighted by atomic mass is 35.5. The van der Waals surface area contributed by atoms with Gasteiger partial charge in [-0.15, -0.1) is 0 Å². The number of hydrogen-bond acceptors (Lipinski definition) is 10. The number of carbonyl (C=O) groups is 2. The normalized spacial score (nSPS) is 14.9. The monoisotopic (exact) mass is 792 g/mol. The van der Waals surface area contributed by atoms with Gasteiger partial charge in [-0.3, -0.25) is 19.2 Å². The zero-order valence-corrected chi connectivity index (χ0v) is 30.5. The van der Waals surface area contributed by atoms with Crippen LogP contribution in [0.25, 0.3) is 11.4 Å². The third-order valence-electron chi connectivity index (χ3n) is 8.23. The van der Waals surface area contributed by atoms with Gasteiger partial charge in [-0.05, 0) is 36.4 Å². The summed E-state index contributed by atoms with van der Waals surface area (Å²) in [7, 11) is 0. The quantitative estimate of drug-likeness (QED) is 0.175. The maximum absolute atomic E-state index is 11.6. The highest BCUT2D eigenvalue weighted by Gasteiger charge is 2.26. The van der Waals surface area contributed by atoms with E-state index in [1.165, 1.54) is 12.1 Å². The molecule has 2 aromatic heterocycles. The smallest absolute Gasteiger partial charge is 0.303 e. The Labute approximate surface area is 327 Å². The van der Waals surface area contributed by atoms with Gasteiger partial charge in [0.1, 0.15) is 0 Å². The van der Waals surface area contributed by atoms with E-state index in [1.54, 1.807) is 45.8 Å². The van der Waals surface area contributed by atoms with E-state index in [9.17, 15) is 29.4 Å². The lowest BCUT2D eigenvalue weighted by Gasteiger charge is -2.14. The van der Waals surface area contributed by atoms with Crippen molar-refractivity contribution in [3.63, 3.8) is 0 Å². The first-order valence-corrected chi connectivity index (χ1v) is 17.5. The van der Waals surface area contributed by atoms with Crippen molar-refractivity contribution in [3.8, 4) is 11.4 Å². The molecule has 0 amide bonds. The maximum Gasteiger partial charge on any atom is 0.303 e. The van der Waals surface area contributed by atoms with Gasteiger partial charge in [0.05, 0.1) is 35.6 Å². The van der Waals surface area contributed by atoms with Gasteiger partial charge < -0.3 is 29.6 Å². The Hall–Kier alpha value is -6.58. The summed E-state index contributed by atoms with van der Waals surface area (Å²) in [6.45, 7) is 0. The van der Waals surface area contributed by atoms with Crippen LogP contribution in [0.1, 0.15) is 59.2 Å². The van der Waals surface area contributed by atoms with Crippen LogP contribution in [0, 0.1) is 0 Å². The van der Waals surface area contributed by atoms with Gasteiger partial charge in [-0.1, -0.05) is 83.9 Å². The number of benzene rings is 4. The molecule has 0 saturated carbocycles. The molecule has 4 N–H and O–H groups in total. The van der Waals surface area contributed by atoms with Crippen molar-refractivity contribution in [2.75, 3.05) is 0 Å². The molecule has 2 aliphatic rings. The number of aliphatic hydroxyl groups excluding tert-OH is 2. The summed E-state index contributed by atoms with van der Waals surface area (Å²) in [5.41, 5.74) is 5.06. The second kappa shape index (κ2) is 17.3. The fourth-order valence-electron chi connectivity index (χ4n) is 5.79. The molecule has 0 fully saturated rings. The molecule has 16 heteroatoms. The van der Waals surface area contributed by atoms with Gasteiger partial charge in [0.25, 0.3) is 11.1 Å². The number of aliphatic hydroxyl groups is 2.